The molecule has 0 heterocycles. The Kier molecular flexibility index (Phi) is 6.52. The molecule has 1 heteroatoms. The molecule has 82 valence electrons. The molecule has 0 bridgehead atoms. The van der Waals surface area contributed by atoms with E-state index in [0.717, 1.165) is 20.4 Å². The lowest BCUT2D eigenvalue weighted by atomic mass is 9.83. The summed E-state index contributed by atoms with van der Waals surface area (Å²) in [4.78, 5) is 0. The first-order chi connectivity index (χ1) is 6.83. The minimum Gasteiger partial charge on any atom is -0.0987 e. The Morgan fingerprint density at radius 3 is 2.79 bits per heavy atom. The van der Waals surface area contributed by atoms with E-state index in [1.54, 1.807) is 0 Å². The van der Waals surface area contributed by atoms with Gasteiger partial charge < -0.3 is 0 Å². The second-order valence-electron chi connectivity index (χ2n) is 4.69. The molecule has 0 radical (unpaired) electrons. The molecule has 0 aliphatic heterocycles. The third-order valence-corrected chi connectivity index (χ3v) is 4.46. The normalized spacial score (nSPS) is 20.7. The van der Waals surface area contributed by atoms with Crippen molar-refractivity contribution in [3.8, 4) is 0 Å². The Morgan fingerprint density at radius 2 is 2.21 bits per heavy atom. The maximum absolute atomic E-state index is 2.43. The molecule has 1 aliphatic carbocycles. The average Bonchev–Trinajstić information content (AvgIpc) is 2.13. The molecule has 2 unspecified atom stereocenters. The number of rotatable bonds is 7. The summed E-state index contributed by atoms with van der Waals surface area (Å²) in [6.45, 7) is 4.66. The summed E-state index contributed by atoms with van der Waals surface area (Å²) in [6, 6.07) is 0. The molecule has 0 N–H and O–H groups in total. The first-order valence-electron chi connectivity index (χ1n) is 6.21. The van der Waals surface area contributed by atoms with Crippen molar-refractivity contribution in [2.75, 3.05) is 6.16 Å². The summed E-state index contributed by atoms with van der Waals surface area (Å²) < 4.78 is 0. The first-order valence-corrected chi connectivity index (χ1v) is 7.49. The third kappa shape index (κ3) is 5.15. The molecular formula is C13H25P. The Balaban J connectivity index is 1.87. The van der Waals surface area contributed by atoms with Gasteiger partial charge in [-0.2, -0.15) is 0 Å². The van der Waals surface area contributed by atoms with Crippen molar-refractivity contribution in [2.24, 2.45) is 11.8 Å². The van der Waals surface area contributed by atoms with E-state index in [1.807, 2.05) is 0 Å². The fourth-order valence-corrected chi connectivity index (χ4v) is 2.82. The summed E-state index contributed by atoms with van der Waals surface area (Å²) in [6.07, 6.45) is 12.4. The molecule has 1 saturated carbocycles. The van der Waals surface area contributed by atoms with Gasteiger partial charge in [-0.05, 0) is 30.8 Å². The second-order valence-corrected chi connectivity index (χ2v) is 5.93. The fraction of sp³-hybridized carbons (Fsp3) is 0.846. The minimum atomic E-state index is 0.933. The lowest BCUT2D eigenvalue weighted by Gasteiger charge is -2.23. The van der Waals surface area contributed by atoms with E-state index in [1.165, 1.54) is 44.7 Å². The maximum Gasteiger partial charge on any atom is -0.0316 e. The van der Waals surface area contributed by atoms with Crippen LogP contribution in [-0.2, 0) is 0 Å². The van der Waals surface area contributed by atoms with Crippen LogP contribution in [0.15, 0.2) is 11.9 Å². The van der Waals surface area contributed by atoms with E-state index in [2.05, 4.69) is 25.7 Å². The van der Waals surface area contributed by atoms with Gasteiger partial charge in [-0.25, -0.2) is 0 Å². The van der Waals surface area contributed by atoms with Crippen LogP contribution in [0.1, 0.15) is 52.4 Å². The van der Waals surface area contributed by atoms with E-state index in [0.29, 0.717) is 0 Å². The monoisotopic (exact) mass is 212 g/mol. The molecule has 0 saturated heterocycles. The first kappa shape index (κ1) is 12.2. The molecule has 14 heavy (non-hydrogen) atoms. The fourth-order valence-electron chi connectivity index (χ4n) is 1.69. The van der Waals surface area contributed by atoms with Crippen LogP contribution in [-0.4, -0.2) is 6.16 Å². The zero-order valence-electron chi connectivity index (χ0n) is 9.76. The predicted molar refractivity (Wildman–Crippen MR) is 68.4 cm³/mol. The molecule has 0 aromatic heterocycles. The molecule has 0 spiro atoms. The van der Waals surface area contributed by atoms with Crippen LogP contribution in [0.3, 0.4) is 0 Å². The highest BCUT2D eigenvalue weighted by Crippen LogP contribution is 2.30. The van der Waals surface area contributed by atoms with Gasteiger partial charge in [0.15, 0.2) is 0 Å². The van der Waals surface area contributed by atoms with Gasteiger partial charge in [0.25, 0.3) is 0 Å². The van der Waals surface area contributed by atoms with Crippen molar-refractivity contribution < 1.29 is 0 Å². The molecule has 1 rings (SSSR count). The van der Waals surface area contributed by atoms with E-state index in [-0.39, 0.29) is 0 Å². The van der Waals surface area contributed by atoms with Crippen LogP contribution >= 0.6 is 8.58 Å². The van der Waals surface area contributed by atoms with Gasteiger partial charge >= 0.3 is 0 Å². The van der Waals surface area contributed by atoms with Crippen LogP contribution in [0.4, 0.5) is 0 Å². The smallest absolute Gasteiger partial charge is 0.0316 e. The van der Waals surface area contributed by atoms with Crippen molar-refractivity contribution in [3.63, 3.8) is 0 Å². The molecule has 1 aliphatic rings. The Hall–Kier alpha value is 0.170. The quantitative estimate of drug-likeness (QED) is 0.420. The van der Waals surface area contributed by atoms with Crippen LogP contribution in [0, 0.1) is 11.8 Å². The van der Waals surface area contributed by atoms with Gasteiger partial charge in [0.05, 0.1) is 0 Å². The second kappa shape index (κ2) is 7.46. The van der Waals surface area contributed by atoms with Crippen molar-refractivity contribution in [2.45, 2.75) is 52.4 Å². The maximum atomic E-state index is 2.43. The van der Waals surface area contributed by atoms with Crippen LogP contribution < -0.4 is 0 Å². The highest BCUT2D eigenvalue weighted by Gasteiger charge is 2.14. The minimum absolute atomic E-state index is 0.933. The Morgan fingerprint density at radius 1 is 1.43 bits per heavy atom. The molecule has 0 aromatic rings. The molecule has 2 atom stereocenters. The van der Waals surface area contributed by atoms with Crippen molar-refractivity contribution >= 4 is 8.58 Å². The molecule has 0 aromatic carbocycles. The van der Waals surface area contributed by atoms with E-state index >= 15 is 0 Å². The SMILES string of the molecule is CCC(C)CCPC=CCC1CCC1. The lowest BCUT2D eigenvalue weighted by Crippen LogP contribution is -2.08. The Labute approximate surface area is 91.3 Å². The van der Waals surface area contributed by atoms with Crippen LogP contribution in [0.5, 0.6) is 0 Å². The number of hydrogen-bond donors (Lipinski definition) is 0. The van der Waals surface area contributed by atoms with Gasteiger partial charge in [-0.3, -0.25) is 0 Å². The molecule has 0 amide bonds. The Bertz CT molecular complexity index is 159. The summed E-state index contributed by atoms with van der Waals surface area (Å²) >= 11 is 0. The highest BCUT2D eigenvalue weighted by molar-refractivity contribution is 7.41. The van der Waals surface area contributed by atoms with Gasteiger partial charge in [0.2, 0.25) is 0 Å². The zero-order chi connectivity index (χ0) is 10.2. The highest BCUT2D eigenvalue weighted by atomic mass is 31.1. The van der Waals surface area contributed by atoms with E-state index < -0.39 is 0 Å². The summed E-state index contributed by atoms with van der Waals surface area (Å²) in [7, 11) is 1.07. The van der Waals surface area contributed by atoms with Crippen molar-refractivity contribution in [1.82, 2.24) is 0 Å². The van der Waals surface area contributed by atoms with Crippen LogP contribution in [0.2, 0.25) is 0 Å². The summed E-state index contributed by atoms with van der Waals surface area (Å²) in [5.74, 6) is 4.41. The number of allylic oxidation sites excluding steroid dienone is 1. The van der Waals surface area contributed by atoms with Crippen LogP contribution in [0.25, 0.3) is 0 Å². The molecular weight excluding hydrogens is 187 g/mol. The van der Waals surface area contributed by atoms with Gasteiger partial charge in [-0.1, -0.05) is 60.0 Å². The van der Waals surface area contributed by atoms with Gasteiger partial charge in [-0.15, -0.1) is 0 Å². The summed E-state index contributed by atoms with van der Waals surface area (Å²) in [5.41, 5.74) is 0. The van der Waals surface area contributed by atoms with E-state index in [9.17, 15) is 0 Å². The van der Waals surface area contributed by atoms with Crippen molar-refractivity contribution in [1.29, 1.82) is 0 Å². The van der Waals surface area contributed by atoms with E-state index in [4.69, 9.17) is 0 Å². The largest absolute Gasteiger partial charge is 0.0987 e. The van der Waals surface area contributed by atoms with Gasteiger partial charge in [0.1, 0.15) is 0 Å². The zero-order valence-corrected chi connectivity index (χ0v) is 10.8. The predicted octanol–water partition coefficient (Wildman–Crippen LogP) is 4.81. The summed E-state index contributed by atoms with van der Waals surface area (Å²) in [5, 5.41) is 0. The van der Waals surface area contributed by atoms with Gasteiger partial charge in [0, 0.05) is 0 Å². The standard InChI is InChI=1S/C13H25P/c1-3-12(2)9-11-14-10-5-8-13-6-4-7-13/h5,10,12-14H,3-4,6-9,11H2,1-2H3. The topological polar surface area (TPSA) is 0 Å². The average molecular weight is 212 g/mol. The molecule has 0 nitrogen and oxygen atoms in total. The number of hydrogen-bond acceptors (Lipinski definition) is 0. The lowest BCUT2D eigenvalue weighted by molar-refractivity contribution is 0.319. The third-order valence-electron chi connectivity index (χ3n) is 3.41. The van der Waals surface area contributed by atoms with Crippen molar-refractivity contribution in [3.05, 3.63) is 11.9 Å². The molecule has 1 fully saturated rings.